The summed E-state index contributed by atoms with van der Waals surface area (Å²) in [5, 5.41) is 3.15. The number of aryl methyl sites for hydroxylation is 1. The van der Waals surface area contributed by atoms with Crippen LogP contribution in [0.3, 0.4) is 0 Å². The Labute approximate surface area is 112 Å². The predicted molar refractivity (Wildman–Crippen MR) is 76.2 cm³/mol. The van der Waals surface area contributed by atoms with Crippen molar-refractivity contribution in [2.24, 2.45) is 0 Å². The number of rotatable bonds is 4. The number of nitrogens with zero attached hydrogens (tertiary/aromatic N) is 1. The third-order valence-electron chi connectivity index (χ3n) is 2.72. The van der Waals surface area contributed by atoms with E-state index in [1.54, 1.807) is 26.5 Å². The van der Waals surface area contributed by atoms with Gasteiger partial charge in [-0.1, -0.05) is 0 Å². The molecule has 5 nitrogen and oxygen atoms in total. The predicted octanol–water partition coefficient (Wildman–Crippen LogP) is 2.73. The van der Waals surface area contributed by atoms with Gasteiger partial charge in [0.05, 0.1) is 25.6 Å². The zero-order chi connectivity index (χ0) is 13.8. The first kappa shape index (κ1) is 13.0. The molecular weight excluding hydrogens is 242 g/mol. The van der Waals surface area contributed by atoms with Gasteiger partial charge in [0.25, 0.3) is 0 Å². The van der Waals surface area contributed by atoms with Crippen molar-refractivity contribution in [1.82, 2.24) is 4.98 Å². The van der Waals surface area contributed by atoms with Gasteiger partial charge in [0.2, 0.25) is 0 Å². The largest absolute Gasteiger partial charge is 0.497 e. The molecule has 0 aliphatic rings. The number of aromatic nitrogens is 1. The third kappa shape index (κ3) is 2.88. The van der Waals surface area contributed by atoms with E-state index in [0.29, 0.717) is 17.3 Å². The van der Waals surface area contributed by atoms with Crippen molar-refractivity contribution in [2.45, 2.75) is 6.92 Å². The van der Waals surface area contributed by atoms with E-state index in [1.807, 2.05) is 25.1 Å². The number of hydrogen-bond acceptors (Lipinski definition) is 5. The molecule has 19 heavy (non-hydrogen) atoms. The molecule has 5 heteroatoms. The molecule has 0 radical (unpaired) electrons. The summed E-state index contributed by atoms with van der Waals surface area (Å²) in [5.41, 5.74) is 8.32. The van der Waals surface area contributed by atoms with E-state index in [1.165, 1.54) is 0 Å². The van der Waals surface area contributed by atoms with E-state index >= 15 is 0 Å². The Hall–Kier alpha value is -2.43. The Bertz CT molecular complexity index is 585. The summed E-state index contributed by atoms with van der Waals surface area (Å²) in [7, 11) is 3.22. The van der Waals surface area contributed by atoms with Gasteiger partial charge in [-0.15, -0.1) is 0 Å². The molecular formula is C14H17N3O2. The standard InChI is InChI=1S/C14H17N3O2/c1-9-6-11(15)14(16-8-9)17-12-5-4-10(18-2)7-13(12)19-3/h4-8H,15H2,1-3H3,(H,16,17). The van der Waals surface area contributed by atoms with Gasteiger partial charge in [0, 0.05) is 12.3 Å². The summed E-state index contributed by atoms with van der Waals surface area (Å²) in [6, 6.07) is 7.37. The van der Waals surface area contributed by atoms with Crippen LogP contribution in [0.2, 0.25) is 0 Å². The lowest BCUT2D eigenvalue weighted by Gasteiger charge is -2.13. The van der Waals surface area contributed by atoms with E-state index in [-0.39, 0.29) is 0 Å². The van der Waals surface area contributed by atoms with E-state index in [2.05, 4.69) is 10.3 Å². The molecule has 0 atom stereocenters. The van der Waals surface area contributed by atoms with Crippen molar-refractivity contribution in [3.63, 3.8) is 0 Å². The number of nitrogens with two attached hydrogens (primary N) is 1. The molecule has 2 rings (SSSR count). The Balaban J connectivity index is 2.32. The molecule has 100 valence electrons. The van der Waals surface area contributed by atoms with Gasteiger partial charge in [0.15, 0.2) is 5.82 Å². The van der Waals surface area contributed by atoms with E-state index in [0.717, 1.165) is 17.0 Å². The van der Waals surface area contributed by atoms with Crippen molar-refractivity contribution in [2.75, 3.05) is 25.3 Å². The average Bonchev–Trinajstić information content (AvgIpc) is 2.42. The van der Waals surface area contributed by atoms with Crippen LogP contribution < -0.4 is 20.5 Å². The fourth-order valence-electron chi connectivity index (χ4n) is 1.73. The normalized spacial score (nSPS) is 10.1. The second kappa shape index (κ2) is 5.48. The zero-order valence-corrected chi connectivity index (χ0v) is 11.2. The molecule has 0 amide bonds. The van der Waals surface area contributed by atoms with Crippen LogP contribution in [0.5, 0.6) is 11.5 Å². The molecule has 0 aliphatic heterocycles. The summed E-state index contributed by atoms with van der Waals surface area (Å²) in [6.07, 6.45) is 1.76. The number of ether oxygens (including phenoxy) is 2. The summed E-state index contributed by atoms with van der Waals surface area (Å²) in [5.74, 6) is 2.00. The summed E-state index contributed by atoms with van der Waals surface area (Å²) >= 11 is 0. The molecule has 1 aromatic heterocycles. The quantitative estimate of drug-likeness (QED) is 0.883. The summed E-state index contributed by atoms with van der Waals surface area (Å²) in [4.78, 5) is 4.27. The lowest BCUT2D eigenvalue weighted by molar-refractivity contribution is 0.395. The van der Waals surface area contributed by atoms with E-state index < -0.39 is 0 Å². The van der Waals surface area contributed by atoms with Crippen molar-refractivity contribution in [1.29, 1.82) is 0 Å². The highest BCUT2D eigenvalue weighted by molar-refractivity contribution is 5.73. The van der Waals surface area contributed by atoms with E-state index in [4.69, 9.17) is 15.2 Å². The fourth-order valence-corrected chi connectivity index (χ4v) is 1.73. The lowest BCUT2D eigenvalue weighted by atomic mass is 10.2. The minimum Gasteiger partial charge on any atom is -0.497 e. The molecule has 1 aromatic carbocycles. The monoisotopic (exact) mass is 259 g/mol. The Morgan fingerprint density at radius 2 is 1.95 bits per heavy atom. The van der Waals surface area contributed by atoms with Crippen LogP contribution in [0.25, 0.3) is 0 Å². The fraction of sp³-hybridized carbons (Fsp3) is 0.214. The van der Waals surface area contributed by atoms with Gasteiger partial charge >= 0.3 is 0 Å². The van der Waals surface area contributed by atoms with Crippen LogP contribution >= 0.6 is 0 Å². The number of nitrogens with one attached hydrogen (secondary N) is 1. The highest BCUT2D eigenvalue weighted by atomic mass is 16.5. The topological polar surface area (TPSA) is 69.4 Å². The number of nitrogen functional groups attached to an aromatic ring is 1. The van der Waals surface area contributed by atoms with Gasteiger partial charge in [-0.25, -0.2) is 4.98 Å². The van der Waals surface area contributed by atoms with Crippen molar-refractivity contribution in [3.8, 4) is 11.5 Å². The lowest BCUT2D eigenvalue weighted by Crippen LogP contribution is -2.01. The first-order chi connectivity index (χ1) is 9.13. The molecule has 0 aliphatic carbocycles. The third-order valence-corrected chi connectivity index (χ3v) is 2.72. The van der Waals surface area contributed by atoms with Crippen LogP contribution in [-0.4, -0.2) is 19.2 Å². The SMILES string of the molecule is COc1ccc(Nc2ncc(C)cc2N)c(OC)c1. The molecule has 0 fully saturated rings. The van der Waals surface area contributed by atoms with Crippen molar-refractivity contribution >= 4 is 17.2 Å². The molecule has 0 saturated heterocycles. The Morgan fingerprint density at radius 1 is 1.16 bits per heavy atom. The highest BCUT2D eigenvalue weighted by Gasteiger charge is 2.08. The number of benzene rings is 1. The van der Waals surface area contributed by atoms with Gasteiger partial charge in [-0.05, 0) is 30.7 Å². The maximum Gasteiger partial charge on any atom is 0.153 e. The molecule has 0 saturated carbocycles. The van der Waals surface area contributed by atoms with Crippen LogP contribution in [0.4, 0.5) is 17.2 Å². The molecule has 0 unspecified atom stereocenters. The summed E-state index contributed by atoms with van der Waals surface area (Å²) in [6.45, 7) is 1.95. The van der Waals surface area contributed by atoms with E-state index in [9.17, 15) is 0 Å². The summed E-state index contributed by atoms with van der Waals surface area (Å²) < 4.78 is 10.5. The average molecular weight is 259 g/mol. The van der Waals surface area contributed by atoms with Gasteiger partial charge < -0.3 is 20.5 Å². The highest BCUT2D eigenvalue weighted by Crippen LogP contribution is 2.32. The smallest absolute Gasteiger partial charge is 0.153 e. The van der Waals surface area contributed by atoms with Crippen molar-refractivity contribution in [3.05, 3.63) is 36.0 Å². The second-order valence-corrected chi connectivity index (χ2v) is 4.14. The maximum atomic E-state index is 5.93. The Kier molecular flexibility index (Phi) is 3.75. The first-order valence-electron chi connectivity index (χ1n) is 5.85. The number of hydrogen-bond donors (Lipinski definition) is 2. The van der Waals surface area contributed by atoms with Crippen LogP contribution in [0.15, 0.2) is 30.5 Å². The van der Waals surface area contributed by atoms with Crippen LogP contribution in [0.1, 0.15) is 5.56 Å². The molecule has 2 aromatic rings. The molecule has 0 bridgehead atoms. The molecule has 0 spiro atoms. The van der Waals surface area contributed by atoms with Gasteiger partial charge in [0.1, 0.15) is 11.5 Å². The minimum absolute atomic E-state index is 0.595. The maximum absolute atomic E-state index is 5.93. The first-order valence-corrected chi connectivity index (χ1v) is 5.85. The zero-order valence-electron chi connectivity index (χ0n) is 11.2. The molecule has 3 N–H and O–H groups in total. The minimum atomic E-state index is 0.595. The van der Waals surface area contributed by atoms with Crippen LogP contribution in [-0.2, 0) is 0 Å². The Morgan fingerprint density at radius 3 is 2.58 bits per heavy atom. The van der Waals surface area contributed by atoms with Gasteiger partial charge in [-0.2, -0.15) is 0 Å². The number of pyridine rings is 1. The van der Waals surface area contributed by atoms with Crippen LogP contribution in [0, 0.1) is 6.92 Å². The second-order valence-electron chi connectivity index (χ2n) is 4.14. The van der Waals surface area contributed by atoms with Crippen molar-refractivity contribution < 1.29 is 9.47 Å². The molecule has 1 heterocycles. The number of anilines is 3. The van der Waals surface area contributed by atoms with Gasteiger partial charge in [-0.3, -0.25) is 0 Å². The number of methoxy groups -OCH3 is 2.